The number of carbonyl (C=O) groups is 1. The van der Waals surface area contributed by atoms with Crippen LogP contribution in [-0.4, -0.2) is 25.5 Å². The molecule has 1 fully saturated rings. The molecule has 1 atom stereocenters. The first-order valence-corrected chi connectivity index (χ1v) is 6.49. The van der Waals surface area contributed by atoms with Crippen molar-refractivity contribution in [3.05, 3.63) is 34.6 Å². The van der Waals surface area contributed by atoms with E-state index in [1.165, 1.54) is 12.1 Å². The van der Waals surface area contributed by atoms with E-state index in [0.717, 1.165) is 25.9 Å². The molecular formula is C13H17Cl2FN2O. The molecule has 0 aromatic heterocycles. The Morgan fingerprint density at radius 1 is 1.53 bits per heavy atom. The number of benzene rings is 1. The van der Waals surface area contributed by atoms with Crippen LogP contribution in [0.1, 0.15) is 23.2 Å². The molecule has 0 aliphatic carbocycles. The first kappa shape index (κ1) is 16.2. The van der Waals surface area contributed by atoms with Crippen molar-refractivity contribution in [1.82, 2.24) is 10.6 Å². The van der Waals surface area contributed by atoms with E-state index < -0.39 is 11.7 Å². The molecule has 6 heteroatoms. The molecule has 106 valence electrons. The molecular weight excluding hydrogens is 290 g/mol. The zero-order valence-corrected chi connectivity index (χ0v) is 12.0. The second-order valence-corrected chi connectivity index (χ2v) is 4.91. The Hall–Kier alpha value is -0.840. The molecule has 0 saturated carbocycles. The van der Waals surface area contributed by atoms with Gasteiger partial charge in [0.15, 0.2) is 5.82 Å². The number of hydrogen-bond acceptors (Lipinski definition) is 2. The maximum Gasteiger partial charge on any atom is 0.254 e. The van der Waals surface area contributed by atoms with Gasteiger partial charge in [0, 0.05) is 6.54 Å². The van der Waals surface area contributed by atoms with Crippen LogP contribution in [0, 0.1) is 11.7 Å². The van der Waals surface area contributed by atoms with E-state index in [2.05, 4.69) is 10.6 Å². The van der Waals surface area contributed by atoms with Crippen molar-refractivity contribution in [2.75, 3.05) is 19.6 Å². The number of nitrogens with one attached hydrogen (secondary N) is 2. The van der Waals surface area contributed by atoms with E-state index in [1.54, 1.807) is 6.07 Å². The van der Waals surface area contributed by atoms with Crippen molar-refractivity contribution in [2.24, 2.45) is 5.92 Å². The molecule has 19 heavy (non-hydrogen) atoms. The van der Waals surface area contributed by atoms with Gasteiger partial charge in [0.05, 0.1) is 10.6 Å². The van der Waals surface area contributed by atoms with E-state index in [1.807, 2.05) is 0 Å². The molecule has 1 aromatic carbocycles. The topological polar surface area (TPSA) is 41.1 Å². The lowest BCUT2D eigenvalue weighted by Gasteiger charge is -2.10. The Morgan fingerprint density at radius 3 is 3.00 bits per heavy atom. The van der Waals surface area contributed by atoms with E-state index in [4.69, 9.17) is 11.6 Å². The molecule has 0 bridgehead atoms. The van der Waals surface area contributed by atoms with Gasteiger partial charge in [-0.1, -0.05) is 17.7 Å². The average Bonchev–Trinajstić information content (AvgIpc) is 2.85. The number of amides is 1. The number of carbonyl (C=O) groups excluding carboxylic acids is 1. The van der Waals surface area contributed by atoms with Crippen molar-refractivity contribution in [3.63, 3.8) is 0 Å². The fraction of sp³-hybridized carbons (Fsp3) is 0.462. The Balaban J connectivity index is 0.00000180. The van der Waals surface area contributed by atoms with Gasteiger partial charge < -0.3 is 10.6 Å². The summed E-state index contributed by atoms with van der Waals surface area (Å²) in [6.45, 7) is 2.61. The van der Waals surface area contributed by atoms with Gasteiger partial charge in [0.2, 0.25) is 0 Å². The molecule has 1 amide bonds. The van der Waals surface area contributed by atoms with Crippen LogP contribution in [0.3, 0.4) is 0 Å². The smallest absolute Gasteiger partial charge is 0.254 e. The van der Waals surface area contributed by atoms with Gasteiger partial charge in [-0.25, -0.2) is 4.39 Å². The minimum Gasteiger partial charge on any atom is -0.352 e. The van der Waals surface area contributed by atoms with Crippen molar-refractivity contribution in [3.8, 4) is 0 Å². The average molecular weight is 307 g/mol. The molecule has 1 aromatic rings. The standard InChI is InChI=1S/C13H16ClFN2O.ClH/c14-11-3-1-2-10(12(11)15)13(18)17-7-5-9-4-6-16-8-9;/h1-3,9,16H,4-8H2,(H,17,18);1H. The fourth-order valence-corrected chi connectivity index (χ4v) is 2.30. The third-order valence-corrected chi connectivity index (χ3v) is 3.49. The number of halogens is 3. The summed E-state index contributed by atoms with van der Waals surface area (Å²) in [5.74, 6) is -0.449. The fourth-order valence-electron chi connectivity index (χ4n) is 2.13. The first-order chi connectivity index (χ1) is 8.68. The predicted molar refractivity (Wildman–Crippen MR) is 76.6 cm³/mol. The Kier molecular flexibility index (Phi) is 6.55. The summed E-state index contributed by atoms with van der Waals surface area (Å²) in [5.41, 5.74) is 0.00652. The normalized spacial score (nSPS) is 17.9. The van der Waals surface area contributed by atoms with Crippen LogP contribution in [0.2, 0.25) is 5.02 Å². The summed E-state index contributed by atoms with van der Waals surface area (Å²) >= 11 is 5.63. The van der Waals surface area contributed by atoms with Crippen LogP contribution in [0.25, 0.3) is 0 Å². The molecule has 2 rings (SSSR count). The molecule has 1 aliphatic rings. The molecule has 1 unspecified atom stereocenters. The van der Waals surface area contributed by atoms with Gasteiger partial charge in [-0.3, -0.25) is 4.79 Å². The molecule has 1 heterocycles. The van der Waals surface area contributed by atoms with Crippen molar-refractivity contribution < 1.29 is 9.18 Å². The van der Waals surface area contributed by atoms with Gasteiger partial charge in [-0.2, -0.15) is 0 Å². The van der Waals surface area contributed by atoms with Crippen molar-refractivity contribution in [2.45, 2.75) is 12.8 Å². The Labute approximate surface area is 123 Å². The minimum atomic E-state index is -0.654. The van der Waals surface area contributed by atoms with Crippen LogP contribution in [0.5, 0.6) is 0 Å². The van der Waals surface area contributed by atoms with Crippen molar-refractivity contribution >= 4 is 29.9 Å². The Morgan fingerprint density at radius 2 is 2.32 bits per heavy atom. The molecule has 3 nitrogen and oxygen atoms in total. The van der Waals surface area contributed by atoms with Gasteiger partial charge >= 0.3 is 0 Å². The molecule has 0 radical (unpaired) electrons. The quantitative estimate of drug-likeness (QED) is 0.898. The lowest BCUT2D eigenvalue weighted by Crippen LogP contribution is -2.27. The third-order valence-electron chi connectivity index (χ3n) is 3.20. The van der Waals surface area contributed by atoms with E-state index in [0.29, 0.717) is 12.5 Å². The molecule has 1 aliphatic heterocycles. The predicted octanol–water partition coefficient (Wildman–Crippen LogP) is 2.63. The lowest BCUT2D eigenvalue weighted by atomic mass is 10.1. The highest BCUT2D eigenvalue weighted by Gasteiger charge is 2.16. The SMILES string of the molecule is Cl.O=C(NCCC1CCNC1)c1cccc(Cl)c1F. The van der Waals surface area contributed by atoms with E-state index in [9.17, 15) is 9.18 Å². The molecule has 2 N–H and O–H groups in total. The van der Waals surface area contributed by atoms with Gasteiger partial charge in [-0.05, 0) is 44.0 Å². The summed E-state index contributed by atoms with van der Waals surface area (Å²) in [4.78, 5) is 11.8. The maximum atomic E-state index is 13.6. The zero-order chi connectivity index (χ0) is 13.0. The summed E-state index contributed by atoms with van der Waals surface area (Å²) in [6.07, 6.45) is 2.06. The van der Waals surface area contributed by atoms with Crippen LogP contribution < -0.4 is 10.6 Å². The number of rotatable bonds is 4. The molecule has 1 saturated heterocycles. The monoisotopic (exact) mass is 306 g/mol. The second-order valence-electron chi connectivity index (χ2n) is 4.50. The van der Waals surface area contributed by atoms with Gasteiger partial charge in [-0.15, -0.1) is 12.4 Å². The van der Waals surface area contributed by atoms with Gasteiger partial charge in [0.1, 0.15) is 0 Å². The summed E-state index contributed by atoms with van der Waals surface area (Å²) in [6, 6.07) is 4.44. The van der Waals surface area contributed by atoms with Crippen molar-refractivity contribution in [1.29, 1.82) is 0 Å². The maximum absolute atomic E-state index is 13.6. The lowest BCUT2D eigenvalue weighted by molar-refractivity contribution is 0.0947. The third kappa shape index (κ3) is 4.34. The Bertz CT molecular complexity index is 437. The van der Waals surface area contributed by atoms with Gasteiger partial charge in [0.25, 0.3) is 5.91 Å². The zero-order valence-electron chi connectivity index (χ0n) is 10.4. The first-order valence-electron chi connectivity index (χ1n) is 6.11. The largest absolute Gasteiger partial charge is 0.352 e. The van der Waals surface area contributed by atoms with Crippen LogP contribution in [0.4, 0.5) is 4.39 Å². The van der Waals surface area contributed by atoms with Crippen LogP contribution >= 0.6 is 24.0 Å². The summed E-state index contributed by atoms with van der Waals surface area (Å²) < 4.78 is 13.6. The summed E-state index contributed by atoms with van der Waals surface area (Å²) in [5, 5.41) is 5.97. The van der Waals surface area contributed by atoms with Crippen LogP contribution in [-0.2, 0) is 0 Å². The molecule has 0 spiro atoms. The highest BCUT2D eigenvalue weighted by Crippen LogP contribution is 2.17. The summed E-state index contributed by atoms with van der Waals surface area (Å²) in [7, 11) is 0. The minimum absolute atomic E-state index is 0. The number of hydrogen-bond donors (Lipinski definition) is 2. The highest BCUT2D eigenvalue weighted by atomic mass is 35.5. The highest BCUT2D eigenvalue weighted by molar-refractivity contribution is 6.31. The van der Waals surface area contributed by atoms with E-state index in [-0.39, 0.29) is 23.0 Å². The van der Waals surface area contributed by atoms with Crippen LogP contribution in [0.15, 0.2) is 18.2 Å². The second kappa shape index (κ2) is 7.68. The van der Waals surface area contributed by atoms with E-state index >= 15 is 0 Å².